The van der Waals surface area contributed by atoms with Crippen molar-refractivity contribution in [3.8, 4) is 11.5 Å². The number of sulfonamides is 1. The Labute approximate surface area is 201 Å². The normalized spacial score (nSPS) is 11.4. The second-order valence-corrected chi connectivity index (χ2v) is 9.17. The summed E-state index contributed by atoms with van der Waals surface area (Å²) in [6.07, 6.45) is 2.94. The summed E-state index contributed by atoms with van der Waals surface area (Å²) in [5.74, 6) is 0.565. The lowest BCUT2D eigenvalue weighted by Crippen LogP contribution is -2.12. The molecular formula is C23H20Cl2N2O5S. The first kappa shape index (κ1) is 24.6. The summed E-state index contributed by atoms with van der Waals surface area (Å²) in [5, 5.41) is 8.71. The van der Waals surface area contributed by atoms with E-state index in [-0.39, 0.29) is 11.5 Å². The number of amides is 1. The van der Waals surface area contributed by atoms with Crippen molar-refractivity contribution in [2.24, 2.45) is 5.14 Å². The molecular weight excluding hydrogens is 487 g/mol. The van der Waals surface area contributed by atoms with Crippen LogP contribution in [0.1, 0.15) is 11.1 Å². The lowest BCUT2D eigenvalue weighted by atomic mass is 10.2. The zero-order chi connectivity index (χ0) is 24.0. The Morgan fingerprint density at radius 2 is 1.70 bits per heavy atom. The van der Waals surface area contributed by atoms with E-state index in [2.05, 4.69) is 5.32 Å². The maximum atomic E-state index is 12.2. The first-order valence-electron chi connectivity index (χ1n) is 9.53. The number of carbonyl (C=O) groups is 1. The van der Waals surface area contributed by atoms with E-state index >= 15 is 0 Å². The van der Waals surface area contributed by atoms with Crippen molar-refractivity contribution in [2.45, 2.75) is 11.5 Å². The number of methoxy groups -OCH3 is 1. The van der Waals surface area contributed by atoms with Crippen molar-refractivity contribution in [1.82, 2.24) is 0 Å². The van der Waals surface area contributed by atoms with Gasteiger partial charge in [-0.1, -0.05) is 35.3 Å². The summed E-state index contributed by atoms with van der Waals surface area (Å²) >= 11 is 12.4. The molecule has 0 fully saturated rings. The van der Waals surface area contributed by atoms with Crippen molar-refractivity contribution in [1.29, 1.82) is 0 Å². The first-order valence-corrected chi connectivity index (χ1v) is 11.8. The predicted octanol–water partition coefficient (Wildman–Crippen LogP) is 4.88. The van der Waals surface area contributed by atoms with Crippen LogP contribution in [0.15, 0.2) is 71.6 Å². The minimum Gasteiger partial charge on any atom is -0.493 e. The van der Waals surface area contributed by atoms with Crippen LogP contribution in [0, 0.1) is 0 Å². The molecule has 0 aliphatic rings. The van der Waals surface area contributed by atoms with Gasteiger partial charge in [-0.3, -0.25) is 4.79 Å². The third-order valence-corrected chi connectivity index (χ3v) is 6.14. The number of nitrogens with two attached hydrogens (primary N) is 1. The molecule has 0 radical (unpaired) electrons. The fourth-order valence-electron chi connectivity index (χ4n) is 2.81. The molecule has 3 aromatic rings. The highest BCUT2D eigenvalue weighted by molar-refractivity contribution is 7.89. The molecule has 0 bridgehead atoms. The van der Waals surface area contributed by atoms with Crippen LogP contribution in [0.25, 0.3) is 6.08 Å². The Bertz CT molecular complexity index is 1270. The van der Waals surface area contributed by atoms with Gasteiger partial charge in [0.15, 0.2) is 11.5 Å². The van der Waals surface area contributed by atoms with Gasteiger partial charge in [-0.2, -0.15) is 0 Å². The van der Waals surface area contributed by atoms with E-state index in [0.29, 0.717) is 38.4 Å². The predicted molar refractivity (Wildman–Crippen MR) is 129 cm³/mol. The van der Waals surface area contributed by atoms with Gasteiger partial charge >= 0.3 is 0 Å². The van der Waals surface area contributed by atoms with Crippen molar-refractivity contribution in [3.05, 3.63) is 87.9 Å². The molecule has 0 heterocycles. The number of carbonyl (C=O) groups excluding carboxylic acids is 1. The number of halogens is 2. The summed E-state index contributed by atoms with van der Waals surface area (Å²) in [4.78, 5) is 12.2. The fourth-order valence-corrected chi connectivity index (χ4v) is 3.83. The second-order valence-electron chi connectivity index (χ2n) is 6.79. The summed E-state index contributed by atoms with van der Waals surface area (Å²) in [7, 11) is -2.28. The van der Waals surface area contributed by atoms with Crippen LogP contribution in [0.4, 0.5) is 5.69 Å². The third-order valence-electron chi connectivity index (χ3n) is 4.50. The van der Waals surface area contributed by atoms with E-state index in [1.54, 1.807) is 42.5 Å². The molecule has 7 nitrogen and oxygen atoms in total. The smallest absolute Gasteiger partial charge is 0.248 e. The molecule has 0 spiro atoms. The van der Waals surface area contributed by atoms with E-state index in [9.17, 15) is 13.2 Å². The molecule has 172 valence electrons. The molecule has 33 heavy (non-hydrogen) atoms. The van der Waals surface area contributed by atoms with Crippen LogP contribution in [-0.4, -0.2) is 21.4 Å². The minimum absolute atomic E-state index is 0.0396. The molecule has 0 aliphatic carbocycles. The molecule has 1 amide bonds. The van der Waals surface area contributed by atoms with Gasteiger partial charge in [0, 0.05) is 27.4 Å². The van der Waals surface area contributed by atoms with E-state index < -0.39 is 15.9 Å². The van der Waals surface area contributed by atoms with Gasteiger partial charge in [-0.25, -0.2) is 13.6 Å². The van der Waals surface area contributed by atoms with Crippen molar-refractivity contribution >= 4 is 50.9 Å². The zero-order valence-corrected chi connectivity index (χ0v) is 19.7. The van der Waals surface area contributed by atoms with Crippen molar-refractivity contribution < 1.29 is 22.7 Å². The number of benzene rings is 3. The lowest BCUT2D eigenvalue weighted by molar-refractivity contribution is -0.111. The molecule has 0 atom stereocenters. The highest BCUT2D eigenvalue weighted by Crippen LogP contribution is 2.31. The maximum absolute atomic E-state index is 12.2. The molecule has 3 rings (SSSR count). The summed E-state index contributed by atoms with van der Waals surface area (Å²) in [5.41, 5.74) is 1.80. The van der Waals surface area contributed by atoms with Crippen LogP contribution in [0.3, 0.4) is 0 Å². The van der Waals surface area contributed by atoms with Gasteiger partial charge < -0.3 is 14.8 Å². The maximum Gasteiger partial charge on any atom is 0.248 e. The number of ether oxygens (including phenoxy) is 2. The number of anilines is 1. The number of hydrogen-bond donors (Lipinski definition) is 2. The van der Waals surface area contributed by atoms with E-state index in [0.717, 1.165) is 0 Å². The Kier molecular flexibility index (Phi) is 7.99. The van der Waals surface area contributed by atoms with Gasteiger partial charge in [0.2, 0.25) is 15.9 Å². The van der Waals surface area contributed by atoms with Crippen LogP contribution >= 0.6 is 23.2 Å². The Morgan fingerprint density at radius 1 is 1.03 bits per heavy atom. The van der Waals surface area contributed by atoms with E-state index in [4.69, 9.17) is 37.8 Å². The quantitative estimate of drug-likeness (QED) is 0.423. The summed E-state index contributed by atoms with van der Waals surface area (Å²) in [6, 6.07) is 15.9. The number of primary sulfonamides is 1. The van der Waals surface area contributed by atoms with Crippen LogP contribution in [-0.2, 0) is 21.4 Å². The van der Waals surface area contributed by atoms with Crippen molar-refractivity contribution in [2.75, 3.05) is 12.4 Å². The van der Waals surface area contributed by atoms with Gasteiger partial charge in [0.1, 0.15) is 6.61 Å². The van der Waals surface area contributed by atoms with Gasteiger partial charge in [-0.15, -0.1) is 0 Å². The Hall–Kier alpha value is -3.04. The van der Waals surface area contributed by atoms with Crippen LogP contribution < -0.4 is 19.9 Å². The molecule has 0 saturated carbocycles. The Morgan fingerprint density at radius 3 is 2.30 bits per heavy atom. The molecule has 3 aromatic carbocycles. The molecule has 0 aromatic heterocycles. The van der Waals surface area contributed by atoms with Crippen LogP contribution in [0.2, 0.25) is 10.0 Å². The highest BCUT2D eigenvalue weighted by Gasteiger charge is 2.10. The zero-order valence-electron chi connectivity index (χ0n) is 17.4. The van der Waals surface area contributed by atoms with Crippen molar-refractivity contribution in [3.63, 3.8) is 0 Å². The first-order chi connectivity index (χ1) is 15.7. The SMILES string of the molecule is COc1cc(C=CC(=O)Nc2ccc(S(N)(=O)=O)cc2)ccc1OCc1c(Cl)cccc1Cl. The molecule has 0 aliphatic heterocycles. The van der Waals surface area contributed by atoms with Gasteiger partial charge in [0.25, 0.3) is 0 Å². The average Bonchev–Trinajstić information content (AvgIpc) is 2.77. The topological polar surface area (TPSA) is 108 Å². The number of hydrogen-bond acceptors (Lipinski definition) is 5. The summed E-state index contributed by atoms with van der Waals surface area (Å²) in [6.45, 7) is 0.163. The number of nitrogens with one attached hydrogen (secondary N) is 1. The van der Waals surface area contributed by atoms with E-state index in [1.165, 1.54) is 37.5 Å². The largest absolute Gasteiger partial charge is 0.493 e. The fraction of sp³-hybridized carbons (Fsp3) is 0.0870. The third kappa shape index (κ3) is 6.72. The number of rotatable bonds is 8. The monoisotopic (exact) mass is 506 g/mol. The van der Waals surface area contributed by atoms with E-state index in [1.807, 2.05) is 0 Å². The second kappa shape index (κ2) is 10.7. The molecule has 10 heteroatoms. The van der Waals surface area contributed by atoms with Gasteiger partial charge in [-0.05, 0) is 60.2 Å². The molecule has 0 saturated heterocycles. The summed E-state index contributed by atoms with van der Waals surface area (Å²) < 4.78 is 33.8. The minimum atomic E-state index is -3.79. The molecule has 3 N–H and O–H groups in total. The average molecular weight is 507 g/mol. The lowest BCUT2D eigenvalue weighted by Gasteiger charge is -2.13. The molecule has 0 unspecified atom stereocenters. The van der Waals surface area contributed by atoms with Crippen LogP contribution in [0.5, 0.6) is 11.5 Å². The Balaban J connectivity index is 1.65. The van der Waals surface area contributed by atoms with Gasteiger partial charge in [0.05, 0.1) is 12.0 Å². The standard InChI is InChI=1S/C23H20Cl2N2O5S/c1-31-22-13-15(5-11-21(22)32-14-18-19(24)3-2-4-20(18)25)6-12-23(28)27-16-7-9-17(10-8-16)33(26,29)30/h2-13H,14H2,1H3,(H,27,28)(H2,26,29,30). The highest BCUT2D eigenvalue weighted by atomic mass is 35.5.